The topological polar surface area (TPSA) is 86.7 Å². The normalized spacial score (nSPS) is 9.92. The van der Waals surface area contributed by atoms with Gasteiger partial charge in [0.15, 0.2) is 0 Å². The van der Waals surface area contributed by atoms with Gasteiger partial charge in [-0.25, -0.2) is 0 Å². The molecule has 0 aliphatic rings. The van der Waals surface area contributed by atoms with Crippen molar-refractivity contribution >= 4 is 18.3 Å². The summed E-state index contributed by atoms with van der Waals surface area (Å²) < 4.78 is 0. The van der Waals surface area contributed by atoms with Gasteiger partial charge >= 0.3 is 7.12 Å². The first-order valence-electron chi connectivity index (χ1n) is 3.51. The number of rotatable bonds is 2. The Kier molecular flexibility index (Phi) is 2.70. The zero-order valence-corrected chi connectivity index (χ0v) is 6.44. The van der Waals surface area contributed by atoms with Gasteiger partial charge in [0.25, 0.3) is 0 Å². The van der Waals surface area contributed by atoms with E-state index in [1.807, 2.05) is 0 Å². The van der Waals surface area contributed by atoms with E-state index in [9.17, 15) is 0 Å². The Morgan fingerprint density at radius 3 is 2.50 bits per heavy atom. The molecule has 0 radical (unpaired) electrons. The van der Waals surface area contributed by atoms with Crippen molar-refractivity contribution in [2.45, 2.75) is 6.61 Å². The van der Waals surface area contributed by atoms with Crippen LogP contribution in [0.2, 0.25) is 0 Å². The van der Waals surface area contributed by atoms with Crippen LogP contribution in [0.25, 0.3) is 0 Å². The van der Waals surface area contributed by atoms with Crippen LogP contribution in [0.4, 0.5) is 5.69 Å². The molecule has 1 aromatic carbocycles. The molecule has 5 N–H and O–H groups in total. The fourth-order valence-corrected chi connectivity index (χ4v) is 0.996. The second kappa shape index (κ2) is 3.58. The van der Waals surface area contributed by atoms with Crippen LogP contribution in [0.5, 0.6) is 0 Å². The number of benzene rings is 1. The Morgan fingerprint density at radius 2 is 2.00 bits per heavy atom. The number of nitrogen functional groups attached to an aromatic ring is 1. The average molecular weight is 167 g/mol. The first kappa shape index (κ1) is 9.06. The van der Waals surface area contributed by atoms with Crippen molar-refractivity contribution < 1.29 is 15.2 Å². The fraction of sp³-hybridized carbons (Fsp3) is 0.143. The number of anilines is 1. The second-order valence-electron chi connectivity index (χ2n) is 2.45. The van der Waals surface area contributed by atoms with Crippen molar-refractivity contribution in [3.63, 3.8) is 0 Å². The van der Waals surface area contributed by atoms with E-state index in [1.165, 1.54) is 6.07 Å². The zero-order chi connectivity index (χ0) is 9.14. The highest BCUT2D eigenvalue weighted by Gasteiger charge is 2.15. The van der Waals surface area contributed by atoms with Gasteiger partial charge < -0.3 is 20.9 Å². The minimum atomic E-state index is -1.59. The number of hydrogen-bond acceptors (Lipinski definition) is 4. The SMILES string of the molecule is Nc1c(CO)cccc1B(O)O. The van der Waals surface area contributed by atoms with Crippen LogP contribution in [0.1, 0.15) is 5.56 Å². The molecule has 0 aromatic heterocycles. The van der Waals surface area contributed by atoms with Crippen molar-refractivity contribution in [3.8, 4) is 0 Å². The first-order chi connectivity index (χ1) is 5.66. The first-order valence-corrected chi connectivity index (χ1v) is 3.51. The molecule has 0 heterocycles. The van der Waals surface area contributed by atoms with Crippen LogP contribution in [0.15, 0.2) is 18.2 Å². The van der Waals surface area contributed by atoms with E-state index in [0.29, 0.717) is 5.56 Å². The van der Waals surface area contributed by atoms with E-state index < -0.39 is 7.12 Å². The molecule has 1 rings (SSSR count). The van der Waals surface area contributed by atoms with Crippen molar-refractivity contribution in [2.75, 3.05) is 5.73 Å². The predicted molar refractivity (Wildman–Crippen MR) is 46.6 cm³/mol. The van der Waals surface area contributed by atoms with Crippen LogP contribution < -0.4 is 11.2 Å². The molecule has 0 aliphatic carbocycles. The molecular weight excluding hydrogens is 157 g/mol. The van der Waals surface area contributed by atoms with Gasteiger partial charge in [0.1, 0.15) is 0 Å². The summed E-state index contributed by atoms with van der Waals surface area (Å²) in [4.78, 5) is 0. The molecule has 0 aliphatic heterocycles. The standard InChI is InChI=1S/C7H10BNO3/c9-7-5(4-10)2-1-3-6(7)8(11)12/h1-3,10-12H,4,9H2. The van der Waals surface area contributed by atoms with E-state index in [-0.39, 0.29) is 17.8 Å². The maximum atomic E-state index is 8.82. The van der Waals surface area contributed by atoms with Crippen LogP contribution in [0.3, 0.4) is 0 Å². The predicted octanol–water partition coefficient (Wildman–Crippen LogP) is -1.56. The third kappa shape index (κ3) is 1.58. The highest BCUT2D eigenvalue weighted by Crippen LogP contribution is 2.08. The van der Waals surface area contributed by atoms with Crippen molar-refractivity contribution in [1.82, 2.24) is 0 Å². The summed E-state index contributed by atoms with van der Waals surface area (Å²) in [6.45, 7) is -0.202. The van der Waals surface area contributed by atoms with E-state index in [4.69, 9.17) is 20.9 Å². The number of aliphatic hydroxyl groups is 1. The molecule has 12 heavy (non-hydrogen) atoms. The summed E-state index contributed by atoms with van der Waals surface area (Å²) >= 11 is 0. The number of nitrogens with two attached hydrogens (primary N) is 1. The monoisotopic (exact) mass is 167 g/mol. The van der Waals surface area contributed by atoms with Gasteiger partial charge in [0.05, 0.1) is 6.61 Å². The lowest BCUT2D eigenvalue weighted by molar-refractivity contribution is 0.282. The summed E-state index contributed by atoms with van der Waals surface area (Å²) in [5.41, 5.74) is 6.47. The molecule has 4 nitrogen and oxygen atoms in total. The van der Waals surface area contributed by atoms with E-state index >= 15 is 0 Å². The van der Waals surface area contributed by atoms with Crippen LogP contribution in [-0.4, -0.2) is 22.3 Å². The number of hydrogen-bond donors (Lipinski definition) is 4. The second-order valence-corrected chi connectivity index (χ2v) is 2.45. The Morgan fingerprint density at radius 1 is 1.33 bits per heavy atom. The summed E-state index contributed by atoms with van der Waals surface area (Å²) in [6, 6.07) is 4.73. The van der Waals surface area contributed by atoms with Crippen molar-refractivity contribution in [1.29, 1.82) is 0 Å². The lowest BCUT2D eigenvalue weighted by Crippen LogP contribution is -2.32. The Bertz CT molecular complexity index is 277. The van der Waals surface area contributed by atoms with Gasteiger partial charge in [-0.15, -0.1) is 0 Å². The summed E-state index contributed by atoms with van der Waals surface area (Å²) in [5, 5.41) is 26.4. The minimum Gasteiger partial charge on any atom is -0.423 e. The molecular formula is C7H10BNO3. The van der Waals surface area contributed by atoms with Gasteiger partial charge in [0, 0.05) is 16.7 Å². The van der Waals surface area contributed by atoms with E-state index in [0.717, 1.165) is 0 Å². The molecule has 1 aromatic rings. The maximum absolute atomic E-state index is 8.82. The van der Waals surface area contributed by atoms with Crippen LogP contribution in [-0.2, 0) is 6.61 Å². The van der Waals surface area contributed by atoms with Gasteiger partial charge in [-0.2, -0.15) is 0 Å². The van der Waals surface area contributed by atoms with Gasteiger partial charge in [0.2, 0.25) is 0 Å². The van der Waals surface area contributed by atoms with Crippen LogP contribution >= 0.6 is 0 Å². The van der Waals surface area contributed by atoms with E-state index in [1.54, 1.807) is 12.1 Å². The smallest absolute Gasteiger partial charge is 0.423 e. The molecule has 0 unspecified atom stereocenters. The van der Waals surface area contributed by atoms with Crippen LogP contribution in [0, 0.1) is 0 Å². The molecule has 0 spiro atoms. The summed E-state index contributed by atoms with van der Waals surface area (Å²) in [7, 11) is -1.59. The summed E-state index contributed by atoms with van der Waals surface area (Å²) in [6.07, 6.45) is 0. The van der Waals surface area contributed by atoms with Gasteiger partial charge in [-0.3, -0.25) is 0 Å². The lowest BCUT2D eigenvalue weighted by Gasteiger charge is -2.07. The van der Waals surface area contributed by atoms with E-state index in [2.05, 4.69) is 0 Å². The molecule has 0 saturated carbocycles. The van der Waals surface area contributed by atoms with Gasteiger partial charge in [-0.1, -0.05) is 18.2 Å². The average Bonchev–Trinajstić information content (AvgIpc) is 2.04. The molecule has 0 fully saturated rings. The maximum Gasteiger partial charge on any atom is 0.490 e. The Hall–Kier alpha value is -1.04. The molecule has 64 valence electrons. The minimum absolute atomic E-state index is 0.202. The fourth-order valence-electron chi connectivity index (χ4n) is 0.996. The highest BCUT2D eigenvalue weighted by molar-refractivity contribution is 6.60. The van der Waals surface area contributed by atoms with Crippen molar-refractivity contribution in [3.05, 3.63) is 23.8 Å². The highest BCUT2D eigenvalue weighted by atomic mass is 16.4. The quantitative estimate of drug-likeness (QED) is 0.317. The Balaban J connectivity index is 3.14. The molecule has 0 bridgehead atoms. The third-order valence-corrected chi connectivity index (χ3v) is 1.68. The number of para-hydroxylation sites is 1. The summed E-state index contributed by atoms with van der Waals surface area (Å²) in [5.74, 6) is 0. The molecule has 5 heteroatoms. The number of aliphatic hydroxyl groups excluding tert-OH is 1. The van der Waals surface area contributed by atoms with Crippen molar-refractivity contribution in [2.24, 2.45) is 0 Å². The molecule has 0 amide bonds. The third-order valence-electron chi connectivity index (χ3n) is 1.68. The zero-order valence-electron chi connectivity index (χ0n) is 6.44. The van der Waals surface area contributed by atoms with Gasteiger partial charge in [-0.05, 0) is 0 Å². The molecule has 0 saturated heterocycles. The molecule has 0 atom stereocenters. The largest absolute Gasteiger partial charge is 0.490 e. The lowest BCUT2D eigenvalue weighted by atomic mass is 9.78. The Labute approximate surface area is 70.4 Å².